The van der Waals surface area contributed by atoms with Crippen LogP contribution in [0.2, 0.25) is 0 Å². The van der Waals surface area contributed by atoms with Gasteiger partial charge in [-0.1, -0.05) is 26.7 Å². The summed E-state index contributed by atoms with van der Waals surface area (Å²) in [7, 11) is 0. The third kappa shape index (κ3) is 3.65. The van der Waals surface area contributed by atoms with Crippen molar-refractivity contribution in [3.8, 4) is 0 Å². The van der Waals surface area contributed by atoms with E-state index in [4.69, 9.17) is 0 Å². The summed E-state index contributed by atoms with van der Waals surface area (Å²) in [6.45, 7) is 9.35. The Hall–Kier alpha value is -0.0800. The van der Waals surface area contributed by atoms with E-state index in [9.17, 15) is 0 Å². The quantitative estimate of drug-likeness (QED) is 0.722. The lowest BCUT2D eigenvalue weighted by molar-refractivity contribution is 0.115. The fourth-order valence-corrected chi connectivity index (χ4v) is 1.79. The molecule has 2 unspecified atom stereocenters. The molecule has 1 aliphatic heterocycles. The van der Waals surface area contributed by atoms with Crippen LogP contribution < -0.4 is 5.43 Å². The van der Waals surface area contributed by atoms with Crippen molar-refractivity contribution < 1.29 is 0 Å². The van der Waals surface area contributed by atoms with Crippen molar-refractivity contribution in [1.29, 1.82) is 0 Å². The molecule has 1 aliphatic rings. The van der Waals surface area contributed by atoms with Gasteiger partial charge in [-0.2, -0.15) is 0 Å². The molecule has 0 spiro atoms. The second-order valence-electron chi connectivity index (χ2n) is 4.35. The van der Waals surface area contributed by atoms with E-state index in [1.807, 2.05) is 0 Å². The zero-order chi connectivity index (χ0) is 9.68. The summed E-state index contributed by atoms with van der Waals surface area (Å²) in [5.41, 5.74) is 3.60. The highest BCUT2D eigenvalue weighted by Crippen LogP contribution is 2.10. The van der Waals surface area contributed by atoms with Gasteiger partial charge in [0.2, 0.25) is 0 Å². The topological polar surface area (TPSA) is 15.3 Å². The maximum absolute atomic E-state index is 3.60. The Balaban J connectivity index is 2.21. The lowest BCUT2D eigenvalue weighted by Crippen LogP contribution is -2.48. The SMILES string of the molecule is CCC(C)C(C)NN1CCCCC1. The van der Waals surface area contributed by atoms with E-state index in [2.05, 4.69) is 31.2 Å². The van der Waals surface area contributed by atoms with Crippen molar-refractivity contribution in [3.05, 3.63) is 0 Å². The van der Waals surface area contributed by atoms with Gasteiger partial charge >= 0.3 is 0 Å². The number of hydrogen-bond donors (Lipinski definition) is 1. The number of nitrogens with zero attached hydrogens (tertiary/aromatic N) is 1. The maximum atomic E-state index is 3.60. The summed E-state index contributed by atoms with van der Waals surface area (Å²) in [5, 5.41) is 2.40. The van der Waals surface area contributed by atoms with Crippen LogP contribution in [0.5, 0.6) is 0 Å². The van der Waals surface area contributed by atoms with Crippen LogP contribution in [-0.2, 0) is 0 Å². The number of nitrogens with one attached hydrogen (secondary N) is 1. The summed E-state index contributed by atoms with van der Waals surface area (Å²) in [4.78, 5) is 0. The highest BCUT2D eigenvalue weighted by molar-refractivity contribution is 4.68. The first-order valence-electron chi connectivity index (χ1n) is 5.75. The van der Waals surface area contributed by atoms with Gasteiger partial charge in [0.1, 0.15) is 0 Å². The van der Waals surface area contributed by atoms with E-state index < -0.39 is 0 Å². The molecular weight excluding hydrogens is 160 g/mol. The molecule has 1 fully saturated rings. The molecule has 0 amide bonds. The molecule has 1 saturated heterocycles. The summed E-state index contributed by atoms with van der Waals surface area (Å²) >= 11 is 0. The zero-order valence-electron chi connectivity index (χ0n) is 9.34. The van der Waals surface area contributed by atoms with Gasteiger partial charge in [0.05, 0.1) is 0 Å². The zero-order valence-corrected chi connectivity index (χ0v) is 9.34. The summed E-state index contributed by atoms with van der Waals surface area (Å²) in [6, 6.07) is 0.628. The second kappa shape index (κ2) is 5.61. The lowest BCUT2D eigenvalue weighted by atomic mass is 10.0. The molecular formula is C11H24N2. The van der Waals surface area contributed by atoms with Gasteiger partial charge in [0.15, 0.2) is 0 Å². The van der Waals surface area contributed by atoms with Crippen LogP contribution in [0.25, 0.3) is 0 Å². The minimum Gasteiger partial charge on any atom is -0.252 e. The van der Waals surface area contributed by atoms with Crippen LogP contribution in [-0.4, -0.2) is 24.1 Å². The minimum atomic E-state index is 0.628. The summed E-state index contributed by atoms with van der Waals surface area (Å²) < 4.78 is 0. The van der Waals surface area contributed by atoms with Gasteiger partial charge in [-0.05, 0) is 25.7 Å². The van der Waals surface area contributed by atoms with Crippen LogP contribution >= 0.6 is 0 Å². The van der Waals surface area contributed by atoms with Crippen LogP contribution in [0.15, 0.2) is 0 Å². The first kappa shape index (κ1) is 11.0. The predicted molar refractivity (Wildman–Crippen MR) is 57.5 cm³/mol. The van der Waals surface area contributed by atoms with Gasteiger partial charge in [0, 0.05) is 19.1 Å². The number of hydrogen-bond acceptors (Lipinski definition) is 2. The van der Waals surface area contributed by atoms with Crippen molar-refractivity contribution in [1.82, 2.24) is 10.4 Å². The number of hydrazine groups is 1. The monoisotopic (exact) mass is 184 g/mol. The Morgan fingerprint density at radius 2 is 1.77 bits per heavy atom. The Kier molecular flexibility index (Phi) is 4.74. The molecule has 0 radical (unpaired) electrons. The largest absolute Gasteiger partial charge is 0.252 e. The van der Waals surface area contributed by atoms with E-state index in [-0.39, 0.29) is 0 Å². The van der Waals surface area contributed by atoms with Crippen molar-refractivity contribution in [2.75, 3.05) is 13.1 Å². The Morgan fingerprint density at radius 1 is 1.15 bits per heavy atom. The van der Waals surface area contributed by atoms with Crippen molar-refractivity contribution in [3.63, 3.8) is 0 Å². The van der Waals surface area contributed by atoms with Crippen LogP contribution in [0.1, 0.15) is 46.5 Å². The molecule has 2 nitrogen and oxygen atoms in total. The first-order valence-corrected chi connectivity index (χ1v) is 5.75. The third-order valence-corrected chi connectivity index (χ3v) is 3.24. The van der Waals surface area contributed by atoms with E-state index in [0.29, 0.717) is 6.04 Å². The summed E-state index contributed by atoms with van der Waals surface area (Å²) in [6.07, 6.45) is 5.40. The highest BCUT2D eigenvalue weighted by Gasteiger charge is 2.15. The lowest BCUT2D eigenvalue weighted by Gasteiger charge is -2.32. The average Bonchev–Trinajstić information content (AvgIpc) is 2.18. The number of rotatable bonds is 4. The van der Waals surface area contributed by atoms with Crippen molar-refractivity contribution >= 4 is 0 Å². The molecule has 0 aromatic rings. The molecule has 0 aromatic heterocycles. The van der Waals surface area contributed by atoms with Gasteiger partial charge < -0.3 is 0 Å². The van der Waals surface area contributed by atoms with Crippen molar-refractivity contribution in [2.24, 2.45) is 5.92 Å². The van der Waals surface area contributed by atoms with E-state index in [1.165, 1.54) is 38.8 Å². The molecule has 1 rings (SSSR count). The van der Waals surface area contributed by atoms with Gasteiger partial charge in [-0.3, -0.25) is 5.43 Å². The molecule has 0 bridgehead atoms. The van der Waals surface area contributed by atoms with Gasteiger partial charge in [0.25, 0.3) is 0 Å². The van der Waals surface area contributed by atoms with Gasteiger partial charge in [-0.25, -0.2) is 5.01 Å². The van der Waals surface area contributed by atoms with E-state index in [0.717, 1.165) is 5.92 Å². The van der Waals surface area contributed by atoms with E-state index >= 15 is 0 Å². The molecule has 2 atom stereocenters. The fourth-order valence-electron chi connectivity index (χ4n) is 1.79. The Morgan fingerprint density at radius 3 is 2.31 bits per heavy atom. The fraction of sp³-hybridized carbons (Fsp3) is 1.00. The van der Waals surface area contributed by atoms with Crippen LogP contribution in [0.4, 0.5) is 0 Å². The van der Waals surface area contributed by atoms with Gasteiger partial charge in [-0.15, -0.1) is 0 Å². The molecule has 0 saturated carbocycles. The molecule has 0 aliphatic carbocycles. The molecule has 13 heavy (non-hydrogen) atoms. The smallest absolute Gasteiger partial charge is 0.0212 e. The highest BCUT2D eigenvalue weighted by atomic mass is 15.5. The molecule has 0 aromatic carbocycles. The molecule has 78 valence electrons. The Labute approximate surface area is 82.7 Å². The summed E-state index contributed by atoms with van der Waals surface area (Å²) in [5.74, 6) is 0.780. The van der Waals surface area contributed by atoms with Crippen LogP contribution in [0.3, 0.4) is 0 Å². The molecule has 2 heteroatoms. The minimum absolute atomic E-state index is 0.628. The normalized spacial score (nSPS) is 24.2. The number of piperidine rings is 1. The predicted octanol–water partition coefficient (Wildman–Crippen LogP) is 2.41. The average molecular weight is 184 g/mol. The van der Waals surface area contributed by atoms with Crippen LogP contribution in [0, 0.1) is 5.92 Å². The first-order chi connectivity index (χ1) is 6.24. The second-order valence-corrected chi connectivity index (χ2v) is 4.35. The third-order valence-electron chi connectivity index (χ3n) is 3.24. The maximum Gasteiger partial charge on any atom is 0.0212 e. The van der Waals surface area contributed by atoms with E-state index in [1.54, 1.807) is 0 Å². The van der Waals surface area contributed by atoms with Crippen molar-refractivity contribution in [2.45, 2.75) is 52.5 Å². The molecule has 1 N–H and O–H groups in total. The Bertz CT molecular complexity index is 130. The molecule has 1 heterocycles. The standard InChI is InChI=1S/C11H24N2/c1-4-10(2)11(3)12-13-8-6-5-7-9-13/h10-12H,4-9H2,1-3H3.